The van der Waals surface area contributed by atoms with Crippen LogP contribution >= 0.6 is 22.9 Å². The van der Waals surface area contributed by atoms with Crippen LogP contribution in [0.5, 0.6) is 0 Å². The van der Waals surface area contributed by atoms with Crippen molar-refractivity contribution in [3.05, 3.63) is 56.2 Å². The Morgan fingerprint density at radius 3 is 2.31 bits per heavy atom. The van der Waals surface area contributed by atoms with Gasteiger partial charge in [-0.15, -0.1) is 11.3 Å². The van der Waals surface area contributed by atoms with E-state index in [1.54, 1.807) is 35.6 Å². The Balaban J connectivity index is 2.39. The molecule has 0 radical (unpaired) electrons. The highest BCUT2D eigenvalue weighted by Gasteiger charge is 2.13. The molecular formula is C13H11ClOS. The summed E-state index contributed by atoms with van der Waals surface area (Å²) in [6, 6.07) is 8.94. The average molecular weight is 251 g/mol. The molecule has 0 spiro atoms. The molecule has 0 amide bonds. The number of ketones is 1. The second-order valence-corrected chi connectivity index (χ2v) is 5.56. The topological polar surface area (TPSA) is 17.1 Å². The van der Waals surface area contributed by atoms with E-state index in [4.69, 9.17) is 11.6 Å². The van der Waals surface area contributed by atoms with Crippen LogP contribution in [0.1, 0.15) is 25.7 Å². The molecule has 16 heavy (non-hydrogen) atoms. The lowest BCUT2D eigenvalue weighted by molar-refractivity contribution is 0.103. The first kappa shape index (κ1) is 11.4. The molecule has 0 N–H and O–H groups in total. The molecule has 1 aromatic heterocycles. The van der Waals surface area contributed by atoms with E-state index >= 15 is 0 Å². The van der Waals surface area contributed by atoms with E-state index in [2.05, 4.69) is 0 Å². The largest absolute Gasteiger partial charge is 0.289 e. The number of rotatable bonds is 2. The van der Waals surface area contributed by atoms with Gasteiger partial charge in [0.25, 0.3) is 0 Å². The molecule has 0 aliphatic carbocycles. The molecule has 0 unspecified atom stereocenters. The number of hydrogen-bond donors (Lipinski definition) is 0. The minimum atomic E-state index is 0.0681. The van der Waals surface area contributed by atoms with E-state index in [0.29, 0.717) is 10.6 Å². The van der Waals surface area contributed by atoms with Crippen molar-refractivity contribution in [1.82, 2.24) is 0 Å². The fraction of sp³-hybridized carbons (Fsp3) is 0.154. The van der Waals surface area contributed by atoms with Crippen LogP contribution in [0.15, 0.2) is 30.3 Å². The second-order valence-electron chi connectivity index (χ2n) is 3.66. The third-order valence-electron chi connectivity index (χ3n) is 2.39. The van der Waals surface area contributed by atoms with Crippen LogP contribution in [0, 0.1) is 13.8 Å². The Labute approximate surface area is 104 Å². The summed E-state index contributed by atoms with van der Waals surface area (Å²) in [7, 11) is 0. The molecule has 82 valence electrons. The minimum absolute atomic E-state index is 0.0681. The fourth-order valence-electron chi connectivity index (χ4n) is 1.61. The SMILES string of the molecule is Cc1cc(C(=O)c2ccc(Cl)cc2)c(C)s1. The number of benzene rings is 1. The monoisotopic (exact) mass is 250 g/mol. The molecule has 0 saturated carbocycles. The van der Waals surface area contributed by atoms with E-state index in [9.17, 15) is 4.79 Å². The summed E-state index contributed by atoms with van der Waals surface area (Å²) in [4.78, 5) is 14.4. The number of aryl methyl sites for hydroxylation is 2. The van der Waals surface area contributed by atoms with E-state index in [1.165, 1.54) is 0 Å². The zero-order chi connectivity index (χ0) is 11.7. The Bertz CT molecular complexity index is 525. The Morgan fingerprint density at radius 2 is 1.81 bits per heavy atom. The van der Waals surface area contributed by atoms with Crippen LogP contribution in [0.25, 0.3) is 0 Å². The molecule has 0 fully saturated rings. The Kier molecular flexibility index (Phi) is 3.13. The van der Waals surface area contributed by atoms with Crippen molar-refractivity contribution >= 4 is 28.7 Å². The first-order chi connectivity index (χ1) is 7.58. The first-order valence-corrected chi connectivity index (χ1v) is 6.14. The summed E-state index contributed by atoms with van der Waals surface area (Å²) in [6.45, 7) is 3.98. The number of halogens is 1. The van der Waals surface area contributed by atoms with Gasteiger partial charge < -0.3 is 0 Å². The summed E-state index contributed by atoms with van der Waals surface area (Å²) >= 11 is 7.44. The Morgan fingerprint density at radius 1 is 1.19 bits per heavy atom. The first-order valence-electron chi connectivity index (χ1n) is 4.95. The standard InChI is InChI=1S/C13H11ClOS/c1-8-7-12(9(2)16-8)13(15)10-3-5-11(14)6-4-10/h3-7H,1-2H3. The number of carbonyl (C=O) groups is 1. The van der Waals surface area contributed by atoms with Gasteiger partial charge >= 0.3 is 0 Å². The normalized spacial score (nSPS) is 10.4. The van der Waals surface area contributed by atoms with Gasteiger partial charge in [-0.2, -0.15) is 0 Å². The lowest BCUT2D eigenvalue weighted by atomic mass is 10.0. The van der Waals surface area contributed by atoms with Gasteiger partial charge in [-0.3, -0.25) is 4.79 Å². The van der Waals surface area contributed by atoms with Crippen molar-refractivity contribution < 1.29 is 4.79 Å². The van der Waals surface area contributed by atoms with Gasteiger partial charge in [0, 0.05) is 25.9 Å². The molecule has 0 aliphatic heterocycles. The number of thiophene rings is 1. The molecule has 1 aromatic carbocycles. The summed E-state index contributed by atoms with van der Waals surface area (Å²) < 4.78 is 0. The van der Waals surface area contributed by atoms with Crippen LogP contribution in [-0.2, 0) is 0 Å². The maximum atomic E-state index is 12.2. The van der Waals surface area contributed by atoms with E-state index in [0.717, 1.165) is 15.3 Å². The van der Waals surface area contributed by atoms with Gasteiger partial charge in [0.15, 0.2) is 5.78 Å². The molecule has 0 bridgehead atoms. The highest BCUT2D eigenvalue weighted by atomic mass is 35.5. The predicted octanol–water partition coefficient (Wildman–Crippen LogP) is 4.25. The summed E-state index contributed by atoms with van der Waals surface area (Å²) in [6.07, 6.45) is 0. The van der Waals surface area contributed by atoms with Crippen molar-refractivity contribution in [2.75, 3.05) is 0 Å². The van der Waals surface area contributed by atoms with Crippen molar-refractivity contribution in [2.45, 2.75) is 13.8 Å². The third kappa shape index (κ3) is 2.18. The van der Waals surface area contributed by atoms with Crippen LogP contribution in [0.4, 0.5) is 0 Å². The molecule has 1 heterocycles. The van der Waals surface area contributed by atoms with Gasteiger partial charge in [0.1, 0.15) is 0 Å². The average Bonchev–Trinajstić information content (AvgIpc) is 2.58. The number of carbonyl (C=O) groups excluding carboxylic acids is 1. The fourth-order valence-corrected chi connectivity index (χ4v) is 2.66. The summed E-state index contributed by atoms with van der Waals surface area (Å²) in [5.41, 5.74) is 1.48. The quantitative estimate of drug-likeness (QED) is 0.729. The molecule has 1 nitrogen and oxygen atoms in total. The smallest absolute Gasteiger partial charge is 0.194 e. The predicted molar refractivity (Wildman–Crippen MR) is 68.7 cm³/mol. The van der Waals surface area contributed by atoms with Crippen LogP contribution in [-0.4, -0.2) is 5.78 Å². The molecular weight excluding hydrogens is 240 g/mol. The number of hydrogen-bond acceptors (Lipinski definition) is 2. The summed E-state index contributed by atoms with van der Waals surface area (Å²) in [5.74, 6) is 0.0681. The molecule has 0 aliphatic rings. The van der Waals surface area contributed by atoms with E-state index < -0.39 is 0 Å². The highest BCUT2D eigenvalue weighted by molar-refractivity contribution is 7.12. The zero-order valence-corrected chi connectivity index (χ0v) is 10.7. The van der Waals surface area contributed by atoms with Crippen molar-refractivity contribution in [3.8, 4) is 0 Å². The zero-order valence-electron chi connectivity index (χ0n) is 9.08. The van der Waals surface area contributed by atoms with Gasteiger partial charge in [0.05, 0.1) is 0 Å². The van der Waals surface area contributed by atoms with Gasteiger partial charge in [0.2, 0.25) is 0 Å². The second kappa shape index (κ2) is 4.40. The molecule has 3 heteroatoms. The molecule has 0 atom stereocenters. The molecule has 2 rings (SSSR count). The van der Waals surface area contributed by atoms with Crippen molar-refractivity contribution in [3.63, 3.8) is 0 Å². The van der Waals surface area contributed by atoms with Crippen molar-refractivity contribution in [1.29, 1.82) is 0 Å². The highest BCUT2D eigenvalue weighted by Crippen LogP contribution is 2.23. The van der Waals surface area contributed by atoms with Gasteiger partial charge in [-0.25, -0.2) is 0 Å². The van der Waals surface area contributed by atoms with Crippen LogP contribution in [0.3, 0.4) is 0 Å². The maximum Gasteiger partial charge on any atom is 0.194 e. The van der Waals surface area contributed by atoms with Gasteiger partial charge in [-0.05, 0) is 44.2 Å². The minimum Gasteiger partial charge on any atom is -0.289 e. The van der Waals surface area contributed by atoms with Gasteiger partial charge in [-0.1, -0.05) is 11.6 Å². The lowest BCUT2D eigenvalue weighted by Gasteiger charge is -2.00. The molecule has 0 saturated heterocycles. The van der Waals surface area contributed by atoms with Crippen LogP contribution in [0.2, 0.25) is 5.02 Å². The third-order valence-corrected chi connectivity index (χ3v) is 3.61. The van der Waals surface area contributed by atoms with E-state index in [1.807, 2.05) is 19.9 Å². The lowest BCUT2D eigenvalue weighted by Crippen LogP contribution is -2.00. The van der Waals surface area contributed by atoms with E-state index in [-0.39, 0.29) is 5.78 Å². The summed E-state index contributed by atoms with van der Waals surface area (Å²) in [5, 5.41) is 0.648. The van der Waals surface area contributed by atoms with Crippen molar-refractivity contribution in [2.24, 2.45) is 0 Å². The molecule has 2 aromatic rings. The maximum absolute atomic E-state index is 12.2. The van der Waals surface area contributed by atoms with Crippen LogP contribution < -0.4 is 0 Å². The Hall–Kier alpha value is -1.12.